The van der Waals surface area contributed by atoms with E-state index in [0.717, 1.165) is 27.5 Å². The summed E-state index contributed by atoms with van der Waals surface area (Å²) in [7, 11) is 0. The fourth-order valence-corrected chi connectivity index (χ4v) is 2.06. The first-order chi connectivity index (χ1) is 7.25. The van der Waals surface area contributed by atoms with Gasteiger partial charge in [0.2, 0.25) is 5.28 Å². The van der Waals surface area contributed by atoms with E-state index >= 15 is 0 Å². The first kappa shape index (κ1) is 8.68. The number of rotatable bonds is 0. The topological polar surface area (TPSA) is 41.6 Å². The third kappa shape index (κ3) is 1.20. The summed E-state index contributed by atoms with van der Waals surface area (Å²) < 4.78 is 0. The number of aromatic amines is 1. The van der Waals surface area contributed by atoms with Gasteiger partial charge in [0.15, 0.2) is 0 Å². The number of hydrogen-bond donors (Lipinski definition) is 1. The van der Waals surface area contributed by atoms with Gasteiger partial charge in [0.05, 0.1) is 11.2 Å². The highest BCUT2D eigenvalue weighted by molar-refractivity contribution is 6.28. The SMILES string of the molecule is Cc1nc(Cl)nc2c1ccc1[nH]ccc12. The lowest BCUT2D eigenvalue weighted by Crippen LogP contribution is -1.90. The maximum absolute atomic E-state index is 5.86. The Morgan fingerprint density at radius 3 is 2.87 bits per heavy atom. The minimum Gasteiger partial charge on any atom is -0.361 e. The maximum atomic E-state index is 5.86. The van der Waals surface area contributed by atoms with Crippen molar-refractivity contribution >= 4 is 33.4 Å². The fraction of sp³-hybridized carbons (Fsp3) is 0.0909. The summed E-state index contributed by atoms with van der Waals surface area (Å²) in [6, 6.07) is 6.04. The van der Waals surface area contributed by atoms with E-state index in [4.69, 9.17) is 11.6 Å². The Morgan fingerprint density at radius 1 is 1.13 bits per heavy atom. The number of nitrogens with one attached hydrogen (secondary N) is 1. The molecule has 0 aliphatic heterocycles. The van der Waals surface area contributed by atoms with Crippen LogP contribution in [0, 0.1) is 6.92 Å². The molecule has 0 aliphatic carbocycles. The Hall–Kier alpha value is -1.61. The molecule has 1 N–H and O–H groups in total. The van der Waals surface area contributed by atoms with Crippen molar-refractivity contribution in [3.63, 3.8) is 0 Å². The summed E-state index contributed by atoms with van der Waals surface area (Å²) in [5.41, 5.74) is 2.89. The molecule has 0 aliphatic rings. The van der Waals surface area contributed by atoms with Gasteiger partial charge in [-0.1, -0.05) is 0 Å². The molecule has 0 spiro atoms. The molecule has 0 unspecified atom stereocenters. The largest absolute Gasteiger partial charge is 0.361 e. The van der Waals surface area contributed by atoms with Gasteiger partial charge in [-0.2, -0.15) is 0 Å². The number of hydrogen-bond acceptors (Lipinski definition) is 2. The summed E-state index contributed by atoms with van der Waals surface area (Å²) in [6.07, 6.45) is 1.90. The third-order valence-electron chi connectivity index (χ3n) is 2.56. The minimum absolute atomic E-state index is 0.300. The lowest BCUT2D eigenvalue weighted by atomic mass is 10.1. The van der Waals surface area contributed by atoms with Crippen LogP contribution in [0.15, 0.2) is 24.4 Å². The Bertz CT molecular complexity index is 657. The van der Waals surface area contributed by atoms with E-state index in [1.807, 2.05) is 31.3 Å². The maximum Gasteiger partial charge on any atom is 0.223 e. The molecule has 0 amide bonds. The van der Waals surface area contributed by atoms with Crippen LogP contribution in [0.2, 0.25) is 5.28 Å². The van der Waals surface area contributed by atoms with Gasteiger partial charge in [-0.25, -0.2) is 9.97 Å². The van der Waals surface area contributed by atoms with E-state index in [1.54, 1.807) is 0 Å². The minimum atomic E-state index is 0.300. The van der Waals surface area contributed by atoms with Gasteiger partial charge in [-0.05, 0) is 36.7 Å². The average molecular weight is 218 g/mol. The zero-order chi connectivity index (χ0) is 10.4. The predicted molar refractivity (Wildman–Crippen MR) is 61.1 cm³/mol. The van der Waals surface area contributed by atoms with Crippen LogP contribution in [0.4, 0.5) is 0 Å². The van der Waals surface area contributed by atoms with Crippen LogP contribution in [-0.2, 0) is 0 Å². The monoisotopic (exact) mass is 217 g/mol. The second kappa shape index (κ2) is 2.94. The van der Waals surface area contributed by atoms with Gasteiger partial charge < -0.3 is 4.98 Å². The Labute approximate surface area is 91.1 Å². The highest BCUT2D eigenvalue weighted by Crippen LogP contribution is 2.25. The first-order valence-electron chi connectivity index (χ1n) is 4.65. The second-order valence-electron chi connectivity index (χ2n) is 3.48. The molecule has 0 saturated heterocycles. The smallest absolute Gasteiger partial charge is 0.223 e. The lowest BCUT2D eigenvalue weighted by Gasteiger charge is -2.02. The number of aromatic nitrogens is 3. The Balaban J connectivity index is 2.61. The van der Waals surface area contributed by atoms with Crippen molar-refractivity contribution in [2.45, 2.75) is 6.92 Å². The molecule has 0 atom stereocenters. The average Bonchev–Trinajstić information content (AvgIpc) is 2.65. The van der Waals surface area contributed by atoms with Crippen LogP contribution >= 0.6 is 11.6 Å². The Morgan fingerprint density at radius 2 is 2.00 bits per heavy atom. The van der Waals surface area contributed by atoms with Gasteiger partial charge in [-0.3, -0.25) is 0 Å². The van der Waals surface area contributed by atoms with E-state index in [-0.39, 0.29) is 0 Å². The van der Waals surface area contributed by atoms with Crippen molar-refractivity contribution in [3.8, 4) is 0 Å². The van der Waals surface area contributed by atoms with Crippen LogP contribution < -0.4 is 0 Å². The molecule has 3 nitrogen and oxygen atoms in total. The van der Waals surface area contributed by atoms with E-state index < -0.39 is 0 Å². The molecule has 0 saturated carbocycles. The van der Waals surface area contributed by atoms with Crippen LogP contribution in [0.5, 0.6) is 0 Å². The van der Waals surface area contributed by atoms with Crippen molar-refractivity contribution in [2.75, 3.05) is 0 Å². The second-order valence-corrected chi connectivity index (χ2v) is 3.82. The van der Waals surface area contributed by atoms with Gasteiger partial charge in [0, 0.05) is 22.5 Å². The molecular formula is C11H8ClN3. The highest BCUT2D eigenvalue weighted by Gasteiger charge is 2.06. The molecule has 0 radical (unpaired) electrons. The van der Waals surface area contributed by atoms with Gasteiger partial charge in [0.1, 0.15) is 0 Å². The summed E-state index contributed by atoms with van der Waals surface area (Å²) in [5, 5.41) is 2.43. The number of benzene rings is 1. The van der Waals surface area contributed by atoms with Gasteiger partial charge in [-0.15, -0.1) is 0 Å². The fourth-order valence-electron chi connectivity index (χ4n) is 1.85. The molecule has 3 aromatic rings. The number of aryl methyl sites for hydroxylation is 1. The van der Waals surface area contributed by atoms with Crippen molar-refractivity contribution in [1.82, 2.24) is 15.0 Å². The van der Waals surface area contributed by atoms with Crippen LogP contribution in [0.3, 0.4) is 0 Å². The molecule has 0 fully saturated rings. The highest BCUT2D eigenvalue weighted by atomic mass is 35.5. The molecular weight excluding hydrogens is 210 g/mol. The molecule has 74 valence electrons. The first-order valence-corrected chi connectivity index (χ1v) is 5.03. The number of fused-ring (bicyclic) bond motifs is 3. The van der Waals surface area contributed by atoms with Crippen molar-refractivity contribution in [1.29, 1.82) is 0 Å². The van der Waals surface area contributed by atoms with Crippen LogP contribution in [0.1, 0.15) is 5.69 Å². The third-order valence-corrected chi connectivity index (χ3v) is 2.73. The van der Waals surface area contributed by atoms with Crippen molar-refractivity contribution < 1.29 is 0 Å². The van der Waals surface area contributed by atoms with Gasteiger partial charge >= 0.3 is 0 Å². The van der Waals surface area contributed by atoms with Crippen molar-refractivity contribution in [2.24, 2.45) is 0 Å². The van der Waals surface area contributed by atoms with E-state index in [1.165, 1.54) is 0 Å². The normalized spacial score (nSPS) is 11.3. The summed E-state index contributed by atoms with van der Waals surface area (Å²) in [5.74, 6) is 0. The standard InChI is InChI=1S/C11H8ClN3/c1-6-7-2-3-9-8(4-5-13-9)10(7)15-11(12)14-6/h2-5,13H,1H3. The van der Waals surface area contributed by atoms with E-state index in [9.17, 15) is 0 Å². The zero-order valence-electron chi connectivity index (χ0n) is 8.08. The summed E-state index contributed by atoms with van der Waals surface area (Å²) >= 11 is 5.86. The number of halogens is 1. The van der Waals surface area contributed by atoms with E-state index in [2.05, 4.69) is 15.0 Å². The predicted octanol–water partition coefficient (Wildman–Crippen LogP) is 3.07. The van der Waals surface area contributed by atoms with Crippen molar-refractivity contribution in [3.05, 3.63) is 35.4 Å². The molecule has 4 heteroatoms. The van der Waals surface area contributed by atoms with Gasteiger partial charge in [0.25, 0.3) is 0 Å². The summed E-state index contributed by atoms with van der Waals surface area (Å²) in [6.45, 7) is 1.94. The quantitative estimate of drug-likeness (QED) is 0.588. The molecule has 0 bridgehead atoms. The molecule has 15 heavy (non-hydrogen) atoms. The molecule has 2 heterocycles. The van der Waals surface area contributed by atoms with Crippen LogP contribution in [0.25, 0.3) is 21.8 Å². The lowest BCUT2D eigenvalue weighted by molar-refractivity contribution is 1.16. The van der Waals surface area contributed by atoms with E-state index in [0.29, 0.717) is 5.28 Å². The molecule has 1 aromatic carbocycles. The molecule has 2 aromatic heterocycles. The van der Waals surface area contributed by atoms with Crippen LogP contribution in [-0.4, -0.2) is 15.0 Å². The zero-order valence-corrected chi connectivity index (χ0v) is 8.84. The number of H-pyrrole nitrogens is 1. The molecule has 3 rings (SSSR count). The summed E-state index contributed by atoms with van der Waals surface area (Å²) in [4.78, 5) is 11.6. The Kier molecular flexibility index (Phi) is 1.70. The number of nitrogens with zero attached hydrogens (tertiary/aromatic N) is 2.